The van der Waals surface area contributed by atoms with Crippen LogP contribution < -0.4 is 5.73 Å². The van der Waals surface area contributed by atoms with E-state index in [9.17, 15) is 4.39 Å². The van der Waals surface area contributed by atoms with E-state index in [0.29, 0.717) is 10.6 Å². The van der Waals surface area contributed by atoms with Crippen LogP contribution in [0.5, 0.6) is 0 Å². The maximum absolute atomic E-state index is 12.9. The van der Waals surface area contributed by atoms with Crippen LogP contribution in [0.2, 0.25) is 0 Å². The highest BCUT2D eigenvalue weighted by molar-refractivity contribution is 7.16. The van der Waals surface area contributed by atoms with E-state index in [0.717, 1.165) is 22.4 Å². The molecular weight excluding hydrogens is 235 g/mol. The Morgan fingerprint density at radius 2 is 2.00 bits per heavy atom. The number of hydrogen-bond donors (Lipinski definition) is 1. The lowest BCUT2D eigenvalue weighted by molar-refractivity contribution is 0.628. The summed E-state index contributed by atoms with van der Waals surface area (Å²) in [6.45, 7) is 2.01. The average molecular weight is 246 g/mol. The number of benzene rings is 1. The third-order valence-corrected chi connectivity index (χ3v) is 3.74. The Morgan fingerprint density at radius 3 is 2.53 bits per heavy atom. The normalized spacial score (nSPS) is 10.2. The number of hydrogen-bond acceptors (Lipinski definition) is 3. The lowest BCUT2D eigenvalue weighted by Gasteiger charge is -2.02. The molecule has 0 amide bonds. The SMILES string of the molecule is CCc1sc(N)c(C#N)c1-c1ccc(F)cc1. The van der Waals surface area contributed by atoms with Gasteiger partial charge in [-0.3, -0.25) is 0 Å². The minimum atomic E-state index is -0.284. The summed E-state index contributed by atoms with van der Waals surface area (Å²) >= 11 is 1.43. The van der Waals surface area contributed by atoms with Gasteiger partial charge in [0.05, 0.1) is 5.56 Å². The summed E-state index contributed by atoms with van der Waals surface area (Å²) in [5.74, 6) is -0.284. The fraction of sp³-hybridized carbons (Fsp3) is 0.154. The van der Waals surface area contributed by atoms with Gasteiger partial charge in [-0.2, -0.15) is 5.26 Å². The number of nitrogens with two attached hydrogens (primary N) is 1. The molecule has 1 aromatic carbocycles. The molecule has 0 spiro atoms. The van der Waals surface area contributed by atoms with Crippen molar-refractivity contribution >= 4 is 16.3 Å². The Morgan fingerprint density at radius 1 is 1.35 bits per heavy atom. The molecule has 1 aromatic heterocycles. The van der Waals surface area contributed by atoms with Crippen LogP contribution in [0, 0.1) is 17.1 Å². The number of nitriles is 1. The molecule has 0 unspecified atom stereocenters. The molecule has 0 bridgehead atoms. The first-order valence-corrected chi connectivity index (χ1v) is 6.06. The second kappa shape index (κ2) is 4.56. The van der Waals surface area contributed by atoms with Crippen LogP contribution in [0.1, 0.15) is 17.4 Å². The summed E-state index contributed by atoms with van der Waals surface area (Å²) in [5.41, 5.74) is 8.00. The Hall–Kier alpha value is -1.86. The first-order valence-electron chi connectivity index (χ1n) is 5.24. The van der Waals surface area contributed by atoms with Gasteiger partial charge in [-0.1, -0.05) is 19.1 Å². The molecule has 86 valence electrons. The van der Waals surface area contributed by atoms with Gasteiger partial charge in [0, 0.05) is 10.4 Å². The van der Waals surface area contributed by atoms with Gasteiger partial charge < -0.3 is 5.73 Å². The summed E-state index contributed by atoms with van der Waals surface area (Å²) in [7, 11) is 0. The zero-order chi connectivity index (χ0) is 12.4. The van der Waals surface area contributed by atoms with Crippen LogP contribution in [0.25, 0.3) is 11.1 Å². The Labute approximate surface area is 103 Å². The third kappa shape index (κ3) is 2.02. The van der Waals surface area contributed by atoms with Gasteiger partial charge in [-0.15, -0.1) is 11.3 Å². The minimum Gasteiger partial charge on any atom is -0.389 e. The van der Waals surface area contributed by atoms with E-state index >= 15 is 0 Å². The molecule has 0 aliphatic carbocycles. The van der Waals surface area contributed by atoms with Crippen molar-refractivity contribution in [2.24, 2.45) is 0 Å². The maximum atomic E-state index is 12.9. The molecular formula is C13H11FN2S. The number of rotatable bonds is 2. The van der Waals surface area contributed by atoms with Crippen LogP contribution >= 0.6 is 11.3 Å². The van der Waals surface area contributed by atoms with E-state index in [1.165, 1.54) is 23.5 Å². The van der Waals surface area contributed by atoms with Crippen LogP contribution in [0.15, 0.2) is 24.3 Å². The van der Waals surface area contributed by atoms with Crippen molar-refractivity contribution in [2.45, 2.75) is 13.3 Å². The zero-order valence-electron chi connectivity index (χ0n) is 9.33. The predicted molar refractivity (Wildman–Crippen MR) is 68.2 cm³/mol. The largest absolute Gasteiger partial charge is 0.389 e. The second-order valence-corrected chi connectivity index (χ2v) is 4.75. The summed E-state index contributed by atoms with van der Waals surface area (Å²) in [6.07, 6.45) is 0.809. The average Bonchev–Trinajstić information content (AvgIpc) is 2.66. The first-order chi connectivity index (χ1) is 8.17. The molecule has 2 aromatic rings. The van der Waals surface area contributed by atoms with Gasteiger partial charge in [0.1, 0.15) is 16.9 Å². The Kier molecular flexibility index (Phi) is 3.12. The van der Waals surface area contributed by atoms with Gasteiger partial charge in [0.2, 0.25) is 0 Å². The molecule has 0 saturated heterocycles. The Balaban J connectivity index is 2.65. The molecule has 2 N–H and O–H groups in total. The van der Waals surface area contributed by atoms with Crippen molar-refractivity contribution in [3.05, 3.63) is 40.5 Å². The van der Waals surface area contributed by atoms with Crippen LogP contribution in [0.4, 0.5) is 9.39 Å². The molecule has 0 atom stereocenters. The van der Waals surface area contributed by atoms with Crippen molar-refractivity contribution in [2.75, 3.05) is 5.73 Å². The van der Waals surface area contributed by atoms with Crippen molar-refractivity contribution in [3.63, 3.8) is 0 Å². The molecule has 17 heavy (non-hydrogen) atoms. The fourth-order valence-electron chi connectivity index (χ4n) is 1.78. The minimum absolute atomic E-state index is 0.284. The molecule has 0 aliphatic heterocycles. The maximum Gasteiger partial charge on any atom is 0.123 e. The Bertz CT molecular complexity index is 579. The highest BCUT2D eigenvalue weighted by Crippen LogP contribution is 2.38. The molecule has 0 aliphatic rings. The number of nitrogen functional groups attached to an aromatic ring is 1. The monoisotopic (exact) mass is 246 g/mol. The number of thiophene rings is 1. The summed E-state index contributed by atoms with van der Waals surface area (Å²) < 4.78 is 12.9. The van der Waals surface area contributed by atoms with Crippen LogP contribution in [0.3, 0.4) is 0 Å². The number of nitrogens with zero attached hydrogens (tertiary/aromatic N) is 1. The predicted octanol–water partition coefficient (Wildman–Crippen LogP) is 3.57. The molecule has 4 heteroatoms. The van der Waals surface area contributed by atoms with Crippen molar-refractivity contribution in [1.29, 1.82) is 5.26 Å². The number of halogens is 1. The van der Waals surface area contributed by atoms with E-state index in [1.54, 1.807) is 12.1 Å². The van der Waals surface area contributed by atoms with E-state index < -0.39 is 0 Å². The molecule has 0 fully saturated rings. The van der Waals surface area contributed by atoms with Gasteiger partial charge in [0.25, 0.3) is 0 Å². The van der Waals surface area contributed by atoms with Gasteiger partial charge >= 0.3 is 0 Å². The summed E-state index contributed by atoms with van der Waals surface area (Å²) in [4.78, 5) is 1.06. The highest BCUT2D eigenvalue weighted by atomic mass is 32.1. The van der Waals surface area contributed by atoms with E-state index in [1.807, 2.05) is 6.92 Å². The smallest absolute Gasteiger partial charge is 0.123 e. The fourth-order valence-corrected chi connectivity index (χ4v) is 2.76. The van der Waals surface area contributed by atoms with E-state index in [-0.39, 0.29) is 5.82 Å². The number of aryl methyl sites for hydroxylation is 1. The molecule has 2 rings (SSSR count). The molecule has 2 nitrogen and oxygen atoms in total. The number of anilines is 1. The molecule has 0 radical (unpaired) electrons. The highest BCUT2D eigenvalue weighted by Gasteiger charge is 2.16. The van der Waals surface area contributed by atoms with Gasteiger partial charge in [-0.25, -0.2) is 4.39 Å². The third-order valence-electron chi connectivity index (χ3n) is 2.57. The second-order valence-electron chi connectivity index (χ2n) is 3.61. The van der Waals surface area contributed by atoms with Crippen LogP contribution in [-0.2, 0) is 6.42 Å². The van der Waals surface area contributed by atoms with E-state index in [4.69, 9.17) is 11.0 Å². The van der Waals surface area contributed by atoms with Crippen molar-refractivity contribution < 1.29 is 4.39 Å². The zero-order valence-corrected chi connectivity index (χ0v) is 10.1. The summed E-state index contributed by atoms with van der Waals surface area (Å²) in [6, 6.07) is 8.26. The standard InChI is InChI=1S/C13H11FN2S/c1-2-11-12(10(7-15)13(16)17-11)8-3-5-9(14)6-4-8/h3-6H,2,16H2,1H3. The van der Waals surface area contributed by atoms with Gasteiger partial charge in [0.15, 0.2) is 0 Å². The van der Waals surface area contributed by atoms with Crippen molar-refractivity contribution in [3.8, 4) is 17.2 Å². The lowest BCUT2D eigenvalue weighted by Crippen LogP contribution is -1.87. The van der Waals surface area contributed by atoms with E-state index in [2.05, 4.69) is 6.07 Å². The quantitative estimate of drug-likeness (QED) is 0.880. The first kappa shape index (κ1) is 11.6. The molecule has 0 saturated carbocycles. The van der Waals surface area contributed by atoms with Crippen molar-refractivity contribution in [1.82, 2.24) is 0 Å². The lowest BCUT2D eigenvalue weighted by atomic mass is 10.0. The summed E-state index contributed by atoms with van der Waals surface area (Å²) in [5, 5.41) is 9.66. The van der Waals surface area contributed by atoms with Gasteiger partial charge in [-0.05, 0) is 24.1 Å². The topological polar surface area (TPSA) is 49.8 Å². The molecule has 1 heterocycles. The van der Waals surface area contributed by atoms with Crippen LogP contribution in [-0.4, -0.2) is 0 Å².